The monoisotopic (exact) mass is 655 g/mol. The summed E-state index contributed by atoms with van der Waals surface area (Å²) in [5.41, 5.74) is 0. The first-order valence-corrected chi connectivity index (χ1v) is 18.7. The molecule has 1 N–H and O–H groups in total. The summed E-state index contributed by atoms with van der Waals surface area (Å²) in [6, 6.07) is 0. The number of likely N-dealkylation sites (N-methyl/N-ethyl adjacent to an activating group) is 1. The molecule has 0 spiro atoms. The number of nitrogens with zero attached hydrogens (tertiary/aromatic N) is 1. The maximum atomic E-state index is 12.5. The van der Waals surface area contributed by atoms with E-state index in [0.29, 0.717) is 38.9 Å². The molecule has 8 nitrogen and oxygen atoms in total. The zero-order valence-electron chi connectivity index (χ0n) is 30.5. The number of rotatable bonds is 32. The fourth-order valence-corrected chi connectivity index (χ4v) is 5.10. The minimum Gasteiger partial charge on any atom is -0.466 e. The lowest BCUT2D eigenvalue weighted by atomic mass is 10.0. The summed E-state index contributed by atoms with van der Waals surface area (Å²) < 4.78 is 17.0. The number of allylic oxidation sites excluding steroid dienone is 1. The fraction of sp³-hybridized carbons (Fsp3) is 0.868. The molecule has 0 aromatic rings. The van der Waals surface area contributed by atoms with Gasteiger partial charge in [0.05, 0.1) is 33.9 Å². The van der Waals surface area contributed by atoms with Gasteiger partial charge in [-0.25, -0.2) is 0 Å². The average molecular weight is 655 g/mol. The minimum atomic E-state index is -0.743. The van der Waals surface area contributed by atoms with E-state index in [1.54, 1.807) is 0 Å². The first-order chi connectivity index (χ1) is 22.1. The molecule has 0 aromatic heterocycles. The Morgan fingerprint density at radius 3 is 1.78 bits per heavy atom. The number of ether oxygens (including phenoxy) is 3. The van der Waals surface area contributed by atoms with Gasteiger partial charge in [0.1, 0.15) is 19.3 Å². The van der Waals surface area contributed by atoms with Crippen LogP contribution in [-0.4, -0.2) is 80.6 Å². The molecule has 270 valence electrons. The predicted octanol–water partition coefficient (Wildman–Crippen LogP) is 8.62. The summed E-state index contributed by atoms with van der Waals surface area (Å²) in [6.07, 6.45) is 24.2. The van der Waals surface area contributed by atoms with E-state index in [-0.39, 0.29) is 30.7 Å². The molecule has 0 saturated heterocycles. The van der Waals surface area contributed by atoms with Crippen LogP contribution < -0.4 is 0 Å². The van der Waals surface area contributed by atoms with Gasteiger partial charge in [-0.1, -0.05) is 103 Å². The lowest BCUT2D eigenvalue weighted by Gasteiger charge is -2.23. The molecule has 0 aliphatic rings. The first-order valence-electron chi connectivity index (χ1n) is 18.7. The van der Waals surface area contributed by atoms with Gasteiger partial charge in [-0.3, -0.25) is 14.4 Å². The Bertz CT molecular complexity index is 778. The van der Waals surface area contributed by atoms with Crippen LogP contribution in [0.2, 0.25) is 0 Å². The summed E-state index contributed by atoms with van der Waals surface area (Å²) >= 11 is 0. The standard InChI is InChI=1S/C38H72NO7/c1-6-8-10-11-12-17-20-24-32-44-36(41)28-23-19-16-14-13-15-18-22-26-34(40)35(27-21-9-7-2)46-38(43)30-25-29-37(42)45-33-31-39(3,4)5/h18,22,34-35,40H,6-17,19-21,23-33H2,1-5H3/q+1. The highest BCUT2D eigenvalue weighted by Crippen LogP contribution is 2.16. The molecule has 0 aliphatic carbocycles. The van der Waals surface area contributed by atoms with Gasteiger partial charge < -0.3 is 23.8 Å². The summed E-state index contributed by atoms with van der Waals surface area (Å²) in [5, 5.41) is 10.8. The van der Waals surface area contributed by atoms with Crippen LogP contribution in [-0.2, 0) is 28.6 Å². The normalized spacial score (nSPS) is 13.1. The van der Waals surface area contributed by atoms with Crippen LogP contribution in [0.15, 0.2) is 12.2 Å². The van der Waals surface area contributed by atoms with Crippen molar-refractivity contribution in [3.05, 3.63) is 12.2 Å². The Balaban J connectivity index is 4.02. The molecule has 0 saturated carbocycles. The molecule has 0 heterocycles. The highest BCUT2D eigenvalue weighted by Gasteiger charge is 2.22. The van der Waals surface area contributed by atoms with E-state index in [2.05, 4.69) is 19.9 Å². The van der Waals surface area contributed by atoms with E-state index in [1.165, 1.54) is 38.5 Å². The van der Waals surface area contributed by atoms with Gasteiger partial charge >= 0.3 is 17.9 Å². The third-order valence-corrected chi connectivity index (χ3v) is 8.15. The van der Waals surface area contributed by atoms with Crippen molar-refractivity contribution in [3.8, 4) is 0 Å². The van der Waals surface area contributed by atoms with Crippen LogP contribution in [0, 0.1) is 0 Å². The Kier molecular flexibility index (Phi) is 29.1. The highest BCUT2D eigenvalue weighted by molar-refractivity contribution is 5.72. The lowest BCUT2D eigenvalue weighted by molar-refractivity contribution is -0.870. The molecule has 0 amide bonds. The van der Waals surface area contributed by atoms with Gasteiger partial charge in [-0.05, 0) is 51.4 Å². The van der Waals surface area contributed by atoms with Crippen LogP contribution in [0.3, 0.4) is 0 Å². The van der Waals surface area contributed by atoms with E-state index < -0.39 is 12.2 Å². The number of aliphatic hydroxyl groups excluding tert-OH is 1. The number of carbonyl (C=O) groups excluding carboxylic acids is 3. The number of aliphatic hydroxyl groups is 1. The number of unbranched alkanes of at least 4 members (excludes halogenated alkanes) is 14. The summed E-state index contributed by atoms with van der Waals surface area (Å²) in [6.45, 7) is 6.02. The number of carbonyl (C=O) groups is 3. The second-order valence-electron chi connectivity index (χ2n) is 13.9. The van der Waals surface area contributed by atoms with Crippen LogP contribution in [0.1, 0.15) is 162 Å². The van der Waals surface area contributed by atoms with Crippen LogP contribution in [0.5, 0.6) is 0 Å². The van der Waals surface area contributed by atoms with Gasteiger partial charge in [0, 0.05) is 19.3 Å². The number of hydrogen-bond acceptors (Lipinski definition) is 7. The molecule has 0 aliphatic heterocycles. The summed E-state index contributed by atoms with van der Waals surface area (Å²) in [4.78, 5) is 36.3. The van der Waals surface area contributed by atoms with Crippen molar-refractivity contribution in [1.82, 2.24) is 0 Å². The molecule has 0 rings (SSSR count). The maximum absolute atomic E-state index is 12.5. The molecule has 0 aromatic carbocycles. The van der Waals surface area contributed by atoms with Crippen molar-refractivity contribution >= 4 is 17.9 Å². The molecule has 2 unspecified atom stereocenters. The number of quaternary nitrogens is 1. The zero-order valence-corrected chi connectivity index (χ0v) is 30.5. The van der Waals surface area contributed by atoms with E-state index >= 15 is 0 Å². The average Bonchev–Trinajstić information content (AvgIpc) is 3.00. The Hall–Kier alpha value is -1.93. The van der Waals surface area contributed by atoms with E-state index in [0.717, 1.165) is 81.7 Å². The smallest absolute Gasteiger partial charge is 0.306 e. The minimum absolute atomic E-state index is 0.0608. The molecule has 8 heteroatoms. The fourth-order valence-electron chi connectivity index (χ4n) is 5.10. The van der Waals surface area contributed by atoms with Crippen molar-refractivity contribution in [2.75, 3.05) is 40.9 Å². The molecular weight excluding hydrogens is 582 g/mol. The van der Waals surface area contributed by atoms with E-state index in [9.17, 15) is 19.5 Å². The van der Waals surface area contributed by atoms with E-state index in [4.69, 9.17) is 14.2 Å². The number of hydrogen-bond donors (Lipinski definition) is 1. The Morgan fingerprint density at radius 1 is 0.609 bits per heavy atom. The largest absolute Gasteiger partial charge is 0.466 e. The molecule has 46 heavy (non-hydrogen) atoms. The zero-order chi connectivity index (χ0) is 34.3. The molecule has 0 bridgehead atoms. The van der Waals surface area contributed by atoms with Crippen LogP contribution in [0.4, 0.5) is 0 Å². The third kappa shape index (κ3) is 30.7. The van der Waals surface area contributed by atoms with Crippen molar-refractivity contribution in [2.45, 2.75) is 174 Å². The first kappa shape index (κ1) is 44.1. The van der Waals surface area contributed by atoms with E-state index in [1.807, 2.05) is 27.2 Å². The third-order valence-electron chi connectivity index (χ3n) is 8.15. The summed E-state index contributed by atoms with van der Waals surface area (Å²) in [7, 11) is 6.11. The second kappa shape index (κ2) is 30.4. The van der Waals surface area contributed by atoms with Crippen molar-refractivity contribution in [3.63, 3.8) is 0 Å². The van der Waals surface area contributed by atoms with Gasteiger partial charge in [-0.15, -0.1) is 0 Å². The second-order valence-corrected chi connectivity index (χ2v) is 13.9. The number of esters is 3. The van der Waals surface area contributed by atoms with Crippen LogP contribution >= 0.6 is 0 Å². The van der Waals surface area contributed by atoms with Crippen molar-refractivity contribution in [1.29, 1.82) is 0 Å². The molecule has 0 fully saturated rings. The van der Waals surface area contributed by atoms with Gasteiger partial charge in [0.25, 0.3) is 0 Å². The topological polar surface area (TPSA) is 99.1 Å². The summed E-state index contributed by atoms with van der Waals surface area (Å²) in [5.74, 6) is -0.731. The van der Waals surface area contributed by atoms with Crippen molar-refractivity contribution < 1.29 is 38.2 Å². The molecule has 0 radical (unpaired) electrons. The van der Waals surface area contributed by atoms with Gasteiger partial charge in [-0.2, -0.15) is 0 Å². The lowest BCUT2D eigenvalue weighted by Crippen LogP contribution is -2.38. The van der Waals surface area contributed by atoms with Crippen molar-refractivity contribution in [2.24, 2.45) is 0 Å². The molecule has 2 atom stereocenters. The van der Waals surface area contributed by atoms with Gasteiger partial charge in [0.2, 0.25) is 0 Å². The SMILES string of the molecule is CCCCCCCCCCOC(=O)CCCCCCCC=CCC(O)C(CCCCC)OC(=O)CCCC(=O)OCC[N+](C)(C)C. The maximum Gasteiger partial charge on any atom is 0.306 e. The molecular formula is C38H72NO7+. The Labute approximate surface area is 282 Å². The predicted molar refractivity (Wildman–Crippen MR) is 187 cm³/mol. The van der Waals surface area contributed by atoms with Crippen LogP contribution in [0.25, 0.3) is 0 Å². The highest BCUT2D eigenvalue weighted by atomic mass is 16.6. The Morgan fingerprint density at radius 2 is 1.13 bits per heavy atom. The quantitative estimate of drug-likeness (QED) is 0.0255. The van der Waals surface area contributed by atoms with Gasteiger partial charge in [0.15, 0.2) is 0 Å².